The van der Waals surface area contributed by atoms with E-state index < -0.39 is 0 Å². The number of fused-ring (bicyclic) bond motifs is 1. The number of aryl methyl sites for hydroxylation is 1. The van der Waals surface area contributed by atoms with E-state index in [1.165, 1.54) is 11.6 Å². The summed E-state index contributed by atoms with van der Waals surface area (Å²) in [7, 11) is 0. The minimum Gasteiger partial charge on any atom is -0.488 e. The smallest absolute Gasteiger partial charge is 0.248 e. The number of carbonyl (C=O) groups is 1. The molecule has 1 N–H and O–H groups in total. The molecule has 0 saturated carbocycles. The third-order valence-electron chi connectivity index (χ3n) is 3.73. The molecular weight excluding hydrogens is 286 g/mol. The summed E-state index contributed by atoms with van der Waals surface area (Å²) in [6.07, 6.45) is 6.37. The monoisotopic (exact) mass is 305 g/mol. The summed E-state index contributed by atoms with van der Waals surface area (Å²) < 4.78 is 5.66. The second-order valence-corrected chi connectivity index (χ2v) is 5.42. The number of carbonyl (C=O) groups excluding carboxylic acids is 1. The first-order valence-electron chi connectivity index (χ1n) is 7.75. The Bertz CT molecular complexity index is 757. The average molecular weight is 305 g/mol. The van der Waals surface area contributed by atoms with E-state index >= 15 is 0 Å². The van der Waals surface area contributed by atoms with Crippen LogP contribution in [0.3, 0.4) is 0 Å². The van der Waals surface area contributed by atoms with Gasteiger partial charge in [-0.25, -0.2) is 0 Å². The van der Waals surface area contributed by atoms with Crippen LogP contribution in [0.4, 0.5) is 5.69 Å². The third-order valence-corrected chi connectivity index (χ3v) is 3.73. The van der Waals surface area contributed by atoms with Crippen LogP contribution < -0.4 is 10.1 Å². The number of benzene rings is 2. The van der Waals surface area contributed by atoms with Crippen LogP contribution in [-0.4, -0.2) is 12.5 Å². The average Bonchev–Trinajstić information content (AvgIpc) is 2.60. The number of rotatable bonds is 4. The summed E-state index contributed by atoms with van der Waals surface area (Å²) in [6.45, 7) is 2.58. The number of hydrogen-bond acceptors (Lipinski definition) is 2. The standard InChI is InChI=1S/C20H19NO2/c1-2-15-7-10-18(11-8-15)21-20(22)12-9-16-13-17-5-3-4-6-19(17)23-14-16/h3-13H,2,14H2,1H3,(H,21,22)/b12-9+. The fourth-order valence-corrected chi connectivity index (χ4v) is 2.42. The summed E-state index contributed by atoms with van der Waals surface area (Å²) in [5.74, 6) is 0.735. The molecule has 1 aliphatic heterocycles. The topological polar surface area (TPSA) is 38.3 Å². The third kappa shape index (κ3) is 3.89. The van der Waals surface area contributed by atoms with E-state index in [1.54, 1.807) is 6.08 Å². The number of ether oxygens (including phenoxy) is 1. The second-order valence-electron chi connectivity index (χ2n) is 5.42. The van der Waals surface area contributed by atoms with Gasteiger partial charge in [-0.05, 0) is 41.8 Å². The zero-order chi connectivity index (χ0) is 16.1. The van der Waals surface area contributed by atoms with Crippen molar-refractivity contribution in [3.8, 4) is 5.75 Å². The normalized spacial score (nSPS) is 13.2. The van der Waals surface area contributed by atoms with Crippen LogP contribution in [0.15, 0.2) is 66.3 Å². The van der Waals surface area contributed by atoms with Gasteiger partial charge in [0.05, 0.1) is 0 Å². The molecule has 3 nitrogen and oxygen atoms in total. The van der Waals surface area contributed by atoms with Crippen molar-refractivity contribution in [1.29, 1.82) is 0 Å². The van der Waals surface area contributed by atoms with E-state index in [4.69, 9.17) is 4.74 Å². The molecule has 1 amide bonds. The lowest BCUT2D eigenvalue weighted by Crippen LogP contribution is -2.09. The molecule has 2 aromatic rings. The van der Waals surface area contributed by atoms with Crippen molar-refractivity contribution in [2.24, 2.45) is 0 Å². The van der Waals surface area contributed by atoms with Crippen molar-refractivity contribution in [3.63, 3.8) is 0 Å². The van der Waals surface area contributed by atoms with Gasteiger partial charge in [-0.2, -0.15) is 0 Å². The molecular formula is C20H19NO2. The molecule has 0 radical (unpaired) electrons. The Balaban J connectivity index is 1.63. The van der Waals surface area contributed by atoms with E-state index in [-0.39, 0.29) is 5.91 Å². The quantitative estimate of drug-likeness (QED) is 0.859. The molecule has 2 aromatic carbocycles. The van der Waals surface area contributed by atoms with Crippen LogP contribution in [0.5, 0.6) is 5.75 Å². The lowest BCUT2D eigenvalue weighted by Gasteiger charge is -2.15. The van der Waals surface area contributed by atoms with Gasteiger partial charge in [0.15, 0.2) is 0 Å². The van der Waals surface area contributed by atoms with E-state index in [9.17, 15) is 4.79 Å². The Hall–Kier alpha value is -2.81. The zero-order valence-corrected chi connectivity index (χ0v) is 13.1. The molecule has 0 atom stereocenters. The molecule has 23 heavy (non-hydrogen) atoms. The maximum absolute atomic E-state index is 12.0. The van der Waals surface area contributed by atoms with Crippen LogP contribution in [0.1, 0.15) is 18.1 Å². The molecule has 3 heteroatoms. The lowest BCUT2D eigenvalue weighted by atomic mass is 10.1. The Morgan fingerprint density at radius 2 is 1.96 bits per heavy atom. The van der Waals surface area contributed by atoms with Gasteiger partial charge in [-0.1, -0.05) is 43.3 Å². The van der Waals surface area contributed by atoms with E-state index in [1.807, 2.05) is 54.6 Å². The molecule has 0 unspecified atom stereocenters. The van der Waals surface area contributed by atoms with Crippen LogP contribution in [-0.2, 0) is 11.2 Å². The minimum atomic E-state index is -0.144. The molecule has 0 saturated heterocycles. The van der Waals surface area contributed by atoms with Gasteiger partial charge in [0.2, 0.25) is 5.91 Å². The molecule has 0 fully saturated rings. The maximum Gasteiger partial charge on any atom is 0.248 e. The van der Waals surface area contributed by atoms with Gasteiger partial charge >= 0.3 is 0 Å². The first kappa shape index (κ1) is 15.1. The van der Waals surface area contributed by atoms with Gasteiger partial charge in [-0.3, -0.25) is 4.79 Å². The highest BCUT2D eigenvalue weighted by atomic mass is 16.5. The number of para-hydroxylation sites is 1. The van der Waals surface area contributed by atoms with Gasteiger partial charge in [0.1, 0.15) is 12.4 Å². The van der Waals surface area contributed by atoms with Crippen molar-refractivity contribution < 1.29 is 9.53 Å². The lowest BCUT2D eigenvalue weighted by molar-refractivity contribution is -0.111. The van der Waals surface area contributed by atoms with Gasteiger partial charge < -0.3 is 10.1 Å². The maximum atomic E-state index is 12.0. The molecule has 0 aliphatic carbocycles. The van der Waals surface area contributed by atoms with Crippen molar-refractivity contribution in [2.45, 2.75) is 13.3 Å². The molecule has 0 spiro atoms. The first-order chi connectivity index (χ1) is 11.2. The van der Waals surface area contributed by atoms with Gasteiger partial charge in [0.25, 0.3) is 0 Å². The predicted molar refractivity (Wildman–Crippen MR) is 93.5 cm³/mol. The summed E-state index contributed by atoms with van der Waals surface area (Å²) in [5.41, 5.74) is 4.06. The largest absolute Gasteiger partial charge is 0.488 e. The molecule has 0 bridgehead atoms. The van der Waals surface area contributed by atoms with Crippen molar-refractivity contribution in [3.05, 3.63) is 77.4 Å². The van der Waals surface area contributed by atoms with Crippen LogP contribution >= 0.6 is 0 Å². The summed E-state index contributed by atoms with van der Waals surface area (Å²) in [5, 5.41) is 2.86. The Morgan fingerprint density at radius 1 is 1.17 bits per heavy atom. The fourth-order valence-electron chi connectivity index (χ4n) is 2.42. The molecule has 1 aliphatic rings. The Kier molecular flexibility index (Phi) is 4.57. The molecule has 0 aromatic heterocycles. The zero-order valence-electron chi connectivity index (χ0n) is 13.1. The van der Waals surface area contributed by atoms with E-state index in [2.05, 4.69) is 12.2 Å². The van der Waals surface area contributed by atoms with E-state index in [0.717, 1.165) is 29.0 Å². The highest BCUT2D eigenvalue weighted by Crippen LogP contribution is 2.25. The van der Waals surface area contributed by atoms with Crippen LogP contribution in [0.2, 0.25) is 0 Å². The van der Waals surface area contributed by atoms with Gasteiger partial charge in [0, 0.05) is 17.3 Å². The first-order valence-corrected chi connectivity index (χ1v) is 7.75. The molecule has 1 heterocycles. The number of anilines is 1. The molecule has 116 valence electrons. The van der Waals surface area contributed by atoms with Gasteiger partial charge in [-0.15, -0.1) is 0 Å². The number of nitrogens with one attached hydrogen (secondary N) is 1. The van der Waals surface area contributed by atoms with Crippen LogP contribution in [0, 0.1) is 0 Å². The molecule has 3 rings (SSSR count). The Labute approximate surface area is 136 Å². The highest BCUT2D eigenvalue weighted by Gasteiger charge is 2.08. The van der Waals surface area contributed by atoms with E-state index in [0.29, 0.717) is 6.61 Å². The number of amides is 1. The summed E-state index contributed by atoms with van der Waals surface area (Å²) in [4.78, 5) is 12.0. The summed E-state index contributed by atoms with van der Waals surface area (Å²) >= 11 is 0. The highest BCUT2D eigenvalue weighted by molar-refractivity contribution is 5.99. The Morgan fingerprint density at radius 3 is 2.74 bits per heavy atom. The van der Waals surface area contributed by atoms with Crippen molar-refractivity contribution in [2.75, 3.05) is 11.9 Å². The summed E-state index contributed by atoms with van der Waals surface area (Å²) in [6, 6.07) is 15.7. The second kappa shape index (κ2) is 6.97. The predicted octanol–water partition coefficient (Wildman–Crippen LogP) is 4.22. The number of hydrogen-bond donors (Lipinski definition) is 1. The minimum absolute atomic E-state index is 0.144. The SMILES string of the molecule is CCc1ccc(NC(=O)/C=C/C2=Cc3ccccc3OC2)cc1. The van der Waals surface area contributed by atoms with Crippen molar-refractivity contribution >= 4 is 17.7 Å². The van der Waals surface area contributed by atoms with Crippen molar-refractivity contribution in [1.82, 2.24) is 0 Å². The fraction of sp³-hybridized carbons (Fsp3) is 0.150. The van der Waals surface area contributed by atoms with Crippen LogP contribution in [0.25, 0.3) is 6.08 Å².